The number of pyridine rings is 1. The lowest BCUT2D eigenvalue weighted by atomic mass is 10.1. The van der Waals surface area contributed by atoms with Crippen molar-refractivity contribution in [2.75, 3.05) is 7.11 Å². The highest BCUT2D eigenvalue weighted by Crippen LogP contribution is 2.25. The fourth-order valence-electron chi connectivity index (χ4n) is 1.48. The van der Waals surface area contributed by atoms with Gasteiger partial charge in [0, 0.05) is 18.0 Å². The van der Waals surface area contributed by atoms with Crippen LogP contribution in [0.2, 0.25) is 0 Å². The van der Waals surface area contributed by atoms with Gasteiger partial charge < -0.3 is 9.72 Å². The molecule has 5 nitrogen and oxygen atoms in total. The number of hydrogen-bond donors (Lipinski definition) is 1. The Morgan fingerprint density at radius 1 is 1.44 bits per heavy atom. The lowest BCUT2D eigenvalue weighted by Gasteiger charge is -2.07. The van der Waals surface area contributed by atoms with Gasteiger partial charge in [-0.2, -0.15) is 0 Å². The van der Waals surface area contributed by atoms with Crippen molar-refractivity contribution in [3.63, 3.8) is 0 Å². The zero-order valence-electron chi connectivity index (χ0n) is 9.02. The van der Waals surface area contributed by atoms with E-state index in [0.717, 1.165) is 11.1 Å². The second kappa shape index (κ2) is 4.14. The Morgan fingerprint density at radius 3 is 2.94 bits per heavy atom. The first-order valence-corrected chi connectivity index (χ1v) is 4.76. The smallest absolute Gasteiger partial charge is 0.293 e. The molecule has 0 saturated heterocycles. The van der Waals surface area contributed by atoms with Crippen LogP contribution in [0.15, 0.2) is 29.6 Å². The average Bonchev–Trinajstić information content (AvgIpc) is 2.29. The van der Waals surface area contributed by atoms with Crippen LogP contribution in [-0.4, -0.2) is 22.1 Å². The molecule has 0 bridgehead atoms. The predicted molar refractivity (Wildman–Crippen MR) is 59.4 cm³/mol. The van der Waals surface area contributed by atoms with Crippen molar-refractivity contribution >= 4 is 0 Å². The van der Waals surface area contributed by atoms with Gasteiger partial charge in [0.25, 0.3) is 5.56 Å². The number of nitrogens with one attached hydrogen (secondary N) is 1. The molecule has 2 aromatic heterocycles. The quantitative estimate of drug-likeness (QED) is 0.819. The fourth-order valence-corrected chi connectivity index (χ4v) is 1.48. The molecule has 0 unspecified atom stereocenters. The molecule has 2 heterocycles. The van der Waals surface area contributed by atoms with Crippen LogP contribution in [0.4, 0.5) is 0 Å². The molecule has 0 amide bonds. The van der Waals surface area contributed by atoms with Crippen LogP contribution in [0, 0.1) is 6.92 Å². The third-order valence-corrected chi connectivity index (χ3v) is 2.31. The summed E-state index contributed by atoms with van der Waals surface area (Å²) in [6.45, 7) is 1.93. The van der Waals surface area contributed by atoms with Gasteiger partial charge in [-0.25, -0.2) is 4.98 Å². The fraction of sp³-hybridized carbons (Fsp3) is 0.182. The lowest BCUT2D eigenvalue weighted by molar-refractivity contribution is 0.408. The molecule has 0 atom stereocenters. The number of aryl methyl sites for hydroxylation is 1. The zero-order valence-corrected chi connectivity index (χ0v) is 9.02. The van der Waals surface area contributed by atoms with E-state index in [1.54, 1.807) is 12.4 Å². The molecule has 0 spiro atoms. The van der Waals surface area contributed by atoms with Crippen LogP contribution in [0.25, 0.3) is 11.3 Å². The molecule has 2 rings (SSSR count). The summed E-state index contributed by atoms with van der Waals surface area (Å²) in [7, 11) is 1.45. The van der Waals surface area contributed by atoms with E-state index in [1.165, 1.54) is 13.4 Å². The van der Waals surface area contributed by atoms with Gasteiger partial charge in [-0.15, -0.1) is 0 Å². The molecule has 0 aliphatic carbocycles. The molecule has 2 aromatic rings. The maximum absolute atomic E-state index is 11.5. The van der Waals surface area contributed by atoms with Crippen molar-refractivity contribution < 1.29 is 4.74 Å². The maximum Gasteiger partial charge on any atom is 0.293 e. The summed E-state index contributed by atoms with van der Waals surface area (Å²) in [6.07, 6.45) is 4.71. The van der Waals surface area contributed by atoms with Crippen LogP contribution < -0.4 is 10.3 Å². The second-order valence-electron chi connectivity index (χ2n) is 3.30. The molecule has 0 radical (unpaired) electrons. The Morgan fingerprint density at radius 2 is 2.25 bits per heavy atom. The largest absolute Gasteiger partial charge is 0.490 e. The van der Waals surface area contributed by atoms with Crippen molar-refractivity contribution in [2.24, 2.45) is 0 Å². The SMILES string of the molecule is COc1c(-c2cnccc2C)nc[nH]c1=O. The minimum atomic E-state index is -0.296. The Kier molecular flexibility index (Phi) is 2.68. The molecule has 0 fully saturated rings. The average molecular weight is 217 g/mol. The number of H-pyrrole nitrogens is 1. The molecular formula is C11H11N3O2. The number of methoxy groups -OCH3 is 1. The number of ether oxygens (including phenoxy) is 1. The van der Waals surface area contributed by atoms with Crippen LogP contribution in [-0.2, 0) is 0 Å². The van der Waals surface area contributed by atoms with Gasteiger partial charge in [0.2, 0.25) is 5.75 Å². The number of aromatic nitrogens is 3. The highest BCUT2D eigenvalue weighted by Gasteiger charge is 2.12. The summed E-state index contributed by atoms with van der Waals surface area (Å²) in [4.78, 5) is 22.1. The summed E-state index contributed by atoms with van der Waals surface area (Å²) in [5.41, 5.74) is 2.00. The van der Waals surface area contributed by atoms with Crippen molar-refractivity contribution in [3.05, 3.63) is 40.7 Å². The molecule has 5 heteroatoms. The number of aromatic amines is 1. The minimum absolute atomic E-state index is 0.207. The summed E-state index contributed by atoms with van der Waals surface area (Å²) >= 11 is 0. The summed E-state index contributed by atoms with van der Waals surface area (Å²) < 4.78 is 5.05. The van der Waals surface area contributed by atoms with E-state index in [1.807, 2.05) is 13.0 Å². The summed E-state index contributed by atoms with van der Waals surface area (Å²) in [6, 6.07) is 1.86. The first kappa shape index (κ1) is 10.4. The van der Waals surface area contributed by atoms with E-state index in [9.17, 15) is 4.79 Å². The standard InChI is InChI=1S/C11H11N3O2/c1-7-3-4-12-5-8(7)9-10(16-2)11(15)14-6-13-9/h3-6H,1-2H3,(H,13,14,15). The molecular weight excluding hydrogens is 206 g/mol. The Labute approximate surface area is 92.2 Å². The monoisotopic (exact) mass is 217 g/mol. The van der Waals surface area contributed by atoms with Crippen LogP contribution in [0.1, 0.15) is 5.56 Å². The molecule has 0 saturated carbocycles. The van der Waals surface area contributed by atoms with Crippen LogP contribution in [0.5, 0.6) is 5.75 Å². The Hall–Kier alpha value is -2.17. The van der Waals surface area contributed by atoms with E-state index in [0.29, 0.717) is 5.69 Å². The molecule has 0 aliphatic rings. The van der Waals surface area contributed by atoms with Gasteiger partial charge in [0.15, 0.2) is 0 Å². The molecule has 0 aliphatic heterocycles. The first-order valence-electron chi connectivity index (χ1n) is 4.76. The number of rotatable bonds is 2. The van der Waals surface area contributed by atoms with Gasteiger partial charge in [-0.05, 0) is 18.6 Å². The van der Waals surface area contributed by atoms with Crippen LogP contribution >= 0.6 is 0 Å². The topological polar surface area (TPSA) is 67.9 Å². The van der Waals surface area contributed by atoms with Crippen LogP contribution in [0.3, 0.4) is 0 Å². The molecule has 0 aromatic carbocycles. The van der Waals surface area contributed by atoms with Crippen molar-refractivity contribution in [1.29, 1.82) is 0 Å². The maximum atomic E-state index is 11.5. The Bertz CT molecular complexity index is 563. The third kappa shape index (κ3) is 1.67. The van der Waals surface area contributed by atoms with E-state index in [4.69, 9.17) is 4.74 Å². The third-order valence-electron chi connectivity index (χ3n) is 2.31. The zero-order chi connectivity index (χ0) is 11.5. The van der Waals surface area contributed by atoms with E-state index >= 15 is 0 Å². The highest BCUT2D eigenvalue weighted by atomic mass is 16.5. The highest BCUT2D eigenvalue weighted by molar-refractivity contribution is 5.67. The Balaban J connectivity index is 2.70. The van der Waals surface area contributed by atoms with E-state index < -0.39 is 0 Å². The molecule has 16 heavy (non-hydrogen) atoms. The van der Waals surface area contributed by atoms with Gasteiger partial charge >= 0.3 is 0 Å². The van der Waals surface area contributed by atoms with Crippen molar-refractivity contribution in [1.82, 2.24) is 15.0 Å². The van der Waals surface area contributed by atoms with E-state index in [-0.39, 0.29) is 11.3 Å². The summed E-state index contributed by atoms with van der Waals surface area (Å²) in [5.74, 6) is 0.207. The number of nitrogens with zero attached hydrogens (tertiary/aromatic N) is 2. The first-order chi connectivity index (χ1) is 7.74. The van der Waals surface area contributed by atoms with Gasteiger partial charge in [-0.3, -0.25) is 9.78 Å². The van der Waals surface area contributed by atoms with Gasteiger partial charge in [0.05, 0.1) is 13.4 Å². The molecule has 82 valence electrons. The number of hydrogen-bond acceptors (Lipinski definition) is 4. The normalized spacial score (nSPS) is 10.1. The lowest BCUT2D eigenvalue weighted by Crippen LogP contribution is -2.11. The minimum Gasteiger partial charge on any atom is -0.490 e. The predicted octanol–water partition coefficient (Wildman–Crippen LogP) is 1.15. The van der Waals surface area contributed by atoms with Gasteiger partial charge in [-0.1, -0.05) is 0 Å². The van der Waals surface area contributed by atoms with Crippen molar-refractivity contribution in [3.8, 4) is 17.0 Å². The van der Waals surface area contributed by atoms with Crippen molar-refractivity contribution in [2.45, 2.75) is 6.92 Å². The summed E-state index contributed by atoms with van der Waals surface area (Å²) in [5, 5.41) is 0. The van der Waals surface area contributed by atoms with E-state index in [2.05, 4.69) is 15.0 Å². The molecule has 1 N–H and O–H groups in total. The second-order valence-corrected chi connectivity index (χ2v) is 3.30. The van der Waals surface area contributed by atoms with Gasteiger partial charge in [0.1, 0.15) is 5.69 Å².